The van der Waals surface area contributed by atoms with Gasteiger partial charge in [-0.15, -0.1) is 0 Å². The van der Waals surface area contributed by atoms with Gasteiger partial charge in [0.15, 0.2) is 5.79 Å². The molecule has 0 bridgehead atoms. The molecule has 3 unspecified atom stereocenters. The molecule has 21 heavy (non-hydrogen) atoms. The minimum absolute atomic E-state index is 0.0385. The van der Waals surface area contributed by atoms with Crippen molar-refractivity contribution in [1.29, 1.82) is 0 Å². The summed E-state index contributed by atoms with van der Waals surface area (Å²) in [6.07, 6.45) is 3.74. The van der Waals surface area contributed by atoms with E-state index in [1.54, 1.807) is 24.5 Å². The normalized spacial score (nSPS) is 30.7. The van der Waals surface area contributed by atoms with Gasteiger partial charge in [0.25, 0.3) is 5.91 Å². The van der Waals surface area contributed by atoms with Crippen LogP contribution in [-0.4, -0.2) is 48.1 Å². The molecule has 0 spiro atoms. The third-order valence-corrected chi connectivity index (χ3v) is 3.73. The Balaban J connectivity index is 1.59. The molecule has 2 aliphatic rings. The van der Waals surface area contributed by atoms with Gasteiger partial charge < -0.3 is 19.5 Å². The van der Waals surface area contributed by atoms with E-state index in [1.807, 2.05) is 13.8 Å². The maximum atomic E-state index is 12.0. The van der Waals surface area contributed by atoms with Gasteiger partial charge in [0.1, 0.15) is 12.2 Å². The van der Waals surface area contributed by atoms with Crippen LogP contribution in [0.25, 0.3) is 0 Å². The van der Waals surface area contributed by atoms with Gasteiger partial charge in [0, 0.05) is 31.1 Å². The van der Waals surface area contributed by atoms with Gasteiger partial charge in [-0.05, 0) is 32.4 Å². The quantitative estimate of drug-likeness (QED) is 0.904. The zero-order valence-corrected chi connectivity index (χ0v) is 12.2. The van der Waals surface area contributed by atoms with Gasteiger partial charge in [-0.1, -0.05) is 0 Å². The Morgan fingerprint density at radius 1 is 1.38 bits per heavy atom. The number of aromatic nitrogens is 1. The minimum Gasteiger partial charge on any atom is -0.373 e. The highest BCUT2D eigenvalue weighted by molar-refractivity contribution is 5.93. The van der Waals surface area contributed by atoms with Crippen molar-refractivity contribution >= 4 is 5.91 Å². The molecule has 3 heterocycles. The molecule has 1 amide bonds. The fraction of sp³-hybridized carbons (Fsp3) is 0.600. The first-order valence-electron chi connectivity index (χ1n) is 7.21. The first-order chi connectivity index (χ1) is 10.1. The monoisotopic (exact) mass is 292 g/mol. The summed E-state index contributed by atoms with van der Waals surface area (Å²) in [5, 5.41) is 2.88. The molecular weight excluding hydrogens is 272 g/mol. The Labute approximate surface area is 123 Å². The van der Waals surface area contributed by atoms with E-state index in [0.717, 1.165) is 6.42 Å². The summed E-state index contributed by atoms with van der Waals surface area (Å²) in [4.78, 5) is 15.9. The number of nitrogens with one attached hydrogen (secondary N) is 1. The summed E-state index contributed by atoms with van der Waals surface area (Å²) in [6.45, 7) is 4.83. The highest BCUT2D eigenvalue weighted by Gasteiger charge is 2.47. The van der Waals surface area contributed by atoms with Gasteiger partial charge in [-0.2, -0.15) is 0 Å². The predicted octanol–water partition coefficient (Wildman–Crippen LogP) is 1.12. The molecule has 0 radical (unpaired) electrons. The Kier molecular flexibility index (Phi) is 3.93. The lowest BCUT2D eigenvalue weighted by molar-refractivity contribution is -0.153. The average molecular weight is 292 g/mol. The van der Waals surface area contributed by atoms with Crippen LogP contribution in [0.15, 0.2) is 24.5 Å². The van der Waals surface area contributed by atoms with Crippen molar-refractivity contribution < 1.29 is 19.0 Å². The number of amides is 1. The number of carbonyl (C=O) groups excluding carboxylic acids is 1. The molecule has 114 valence electrons. The fourth-order valence-corrected chi connectivity index (χ4v) is 2.81. The standard InChI is InChI=1S/C15H20N2O4/c1-15(2)20-11-5-8-19-12(13(11)21-15)9-17-14(18)10-3-6-16-7-4-10/h3-4,6-7,11-13H,5,8-9H2,1-2H3,(H,17,18). The molecule has 2 aliphatic heterocycles. The second kappa shape index (κ2) is 5.71. The van der Waals surface area contributed by atoms with Crippen LogP contribution >= 0.6 is 0 Å². The molecule has 0 saturated carbocycles. The van der Waals surface area contributed by atoms with Crippen molar-refractivity contribution in [3.63, 3.8) is 0 Å². The molecule has 2 saturated heterocycles. The van der Waals surface area contributed by atoms with E-state index in [1.165, 1.54) is 0 Å². The number of nitrogens with zero attached hydrogens (tertiary/aromatic N) is 1. The largest absolute Gasteiger partial charge is 0.373 e. The van der Waals surface area contributed by atoms with Gasteiger partial charge in [0.05, 0.1) is 6.10 Å². The molecule has 1 aromatic heterocycles. The molecule has 1 aromatic rings. The fourth-order valence-electron chi connectivity index (χ4n) is 2.81. The summed E-state index contributed by atoms with van der Waals surface area (Å²) in [7, 11) is 0. The van der Waals surface area contributed by atoms with Crippen LogP contribution in [0.5, 0.6) is 0 Å². The topological polar surface area (TPSA) is 69.7 Å². The van der Waals surface area contributed by atoms with E-state index < -0.39 is 5.79 Å². The summed E-state index contributed by atoms with van der Waals surface area (Å²) >= 11 is 0. The number of fused-ring (bicyclic) bond motifs is 1. The first kappa shape index (κ1) is 14.4. The van der Waals surface area contributed by atoms with E-state index in [4.69, 9.17) is 14.2 Å². The number of ether oxygens (including phenoxy) is 3. The molecule has 0 aromatic carbocycles. The van der Waals surface area contributed by atoms with Crippen molar-refractivity contribution in [2.45, 2.75) is 44.4 Å². The van der Waals surface area contributed by atoms with Crippen LogP contribution in [0.4, 0.5) is 0 Å². The predicted molar refractivity (Wildman–Crippen MR) is 74.8 cm³/mol. The summed E-state index contributed by atoms with van der Waals surface area (Å²) in [6, 6.07) is 3.36. The zero-order valence-electron chi connectivity index (χ0n) is 12.2. The van der Waals surface area contributed by atoms with Gasteiger partial charge in [-0.25, -0.2) is 0 Å². The lowest BCUT2D eigenvalue weighted by Gasteiger charge is -2.31. The van der Waals surface area contributed by atoms with Crippen molar-refractivity contribution in [1.82, 2.24) is 10.3 Å². The number of rotatable bonds is 3. The number of pyridine rings is 1. The van der Waals surface area contributed by atoms with Crippen LogP contribution in [0.1, 0.15) is 30.6 Å². The molecule has 3 rings (SSSR count). The van der Waals surface area contributed by atoms with Crippen LogP contribution in [0, 0.1) is 0 Å². The Bertz CT molecular complexity index is 506. The van der Waals surface area contributed by atoms with Crippen LogP contribution in [0.2, 0.25) is 0 Å². The van der Waals surface area contributed by atoms with Crippen LogP contribution in [0.3, 0.4) is 0 Å². The van der Waals surface area contributed by atoms with Gasteiger partial charge in [0.2, 0.25) is 0 Å². The van der Waals surface area contributed by atoms with E-state index in [0.29, 0.717) is 18.7 Å². The maximum absolute atomic E-state index is 12.0. The molecule has 6 heteroatoms. The highest BCUT2D eigenvalue weighted by Crippen LogP contribution is 2.34. The smallest absolute Gasteiger partial charge is 0.251 e. The van der Waals surface area contributed by atoms with E-state index in [-0.39, 0.29) is 24.2 Å². The van der Waals surface area contributed by atoms with Crippen molar-refractivity contribution in [2.24, 2.45) is 0 Å². The first-order valence-corrected chi connectivity index (χ1v) is 7.21. The molecular formula is C15H20N2O4. The molecule has 2 fully saturated rings. The third kappa shape index (κ3) is 3.23. The third-order valence-electron chi connectivity index (χ3n) is 3.73. The Morgan fingerprint density at radius 2 is 2.14 bits per heavy atom. The van der Waals surface area contributed by atoms with Gasteiger partial charge >= 0.3 is 0 Å². The molecule has 3 atom stereocenters. The van der Waals surface area contributed by atoms with Crippen molar-refractivity contribution in [2.75, 3.05) is 13.2 Å². The molecule has 6 nitrogen and oxygen atoms in total. The lowest BCUT2D eigenvalue weighted by atomic mass is 10.0. The number of carbonyl (C=O) groups is 1. The van der Waals surface area contributed by atoms with Gasteiger partial charge in [-0.3, -0.25) is 9.78 Å². The van der Waals surface area contributed by atoms with E-state index >= 15 is 0 Å². The second-order valence-corrected chi connectivity index (χ2v) is 5.78. The van der Waals surface area contributed by atoms with Crippen LogP contribution < -0.4 is 5.32 Å². The SMILES string of the molecule is CC1(C)OC2CCOC(CNC(=O)c3ccncc3)C2O1. The minimum atomic E-state index is -0.587. The summed E-state index contributed by atoms with van der Waals surface area (Å²) in [5.41, 5.74) is 0.585. The second-order valence-electron chi connectivity index (χ2n) is 5.78. The van der Waals surface area contributed by atoms with E-state index in [9.17, 15) is 4.79 Å². The average Bonchev–Trinajstić information content (AvgIpc) is 2.80. The summed E-state index contributed by atoms with van der Waals surface area (Å²) in [5.74, 6) is -0.725. The van der Waals surface area contributed by atoms with Crippen molar-refractivity contribution in [3.8, 4) is 0 Å². The maximum Gasteiger partial charge on any atom is 0.251 e. The summed E-state index contributed by atoms with van der Waals surface area (Å²) < 4.78 is 17.5. The molecule has 0 aliphatic carbocycles. The number of hydrogen-bond donors (Lipinski definition) is 1. The Hall–Kier alpha value is -1.50. The van der Waals surface area contributed by atoms with E-state index in [2.05, 4.69) is 10.3 Å². The highest BCUT2D eigenvalue weighted by atomic mass is 16.8. The Morgan fingerprint density at radius 3 is 2.90 bits per heavy atom. The zero-order chi connectivity index (χ0) is 14.9. The molecule has 1 N–H and O–H groups in total. The number of hydrogen-bond acceptors (Lipinski definition) is 5. The van der Waals surface area contributed by atoms with Crippen molar-refractivity contribution in [3.05, 3.63) is 30.1 Å². The lowest BCUT2D eigenvalue weighted by Crippen LogP contribution is -2.48. The van der Waals surface area contributed by atoms with Crippen LogP contribution in [-0.2, 0) is 14.2 Å².